The van der Waals surface area contributed by atoms with Crippen molar-refractivity contribution >= 4 is 39.5 Å². The molecule has 1 unspecified atom stereocenters. The van der Waals surface area contributed by atoms with Crippen LogP contribution in [-0.2, 0) is 9.59 Å². The first-order valence-corrected chi connectivity index (χ1v) is 8.11. The SMILES string of the molecule is Cc1ccc(NC(=O)CN2C(=O)NC3(CCNC3)C2=O)c(Br)c1. The van der Waals surface area contributed by atoms with Crippen molar-refractivity contribution in [3.05, 3.63) is 28.2 Å². The first kappa shape index (κ1) is 15.9. The molecular weight excluding hydrogens is 364 g/mol. The van der Waals surface area contributed by atoms with Crippen LogP contribution in [0.3, 0.4) is 0 Å². The molecule has 0 aromatic heterocycles. The first-order chi connectivity index (χ1) is 10.9. The molecule has 2 heterocycles. The summed E-state index contributed by atoms with van der Waals surface area (Å²) < 4.78 is 0.750. The van der Waals surface area contributed by atoms with Crippen LogP contribution >= 0.6 is 15.9 Å². The van der Waals surface area contributed by atoms with Crippen LogP contribution in [-0.4, -0.2) is 47.9 Å². The standard InChI is InChI=1S/C15H17BrN4O3/c1-9-2-3-11(10(16)6-9)18-12(21)7-20-13(22)15(19-14(20)23)4-5-17-8-15/h2-3,6,17H,4-5,7-8H2,1H3,(H,18,21)(H,19,23). The second kappa shape index (κ2) is 5.93. The second-order valence-corrected chi connectivity index (χ2v) is 6.72. The molecule has 2 fully saturated rings. The van der Waals surface area contributed by atoms with Crippen LogP contribution in [0, 0.1) is 6.92 Å². The molecule has 4 amide bonds. The van der Waals surface area contributed by atoms with E-state index in [-0.39, 0.29) is 12.5 Å². The molecule has 0 radical (unpaired) electrons. The van der Waals surface area contributed by atoms with Crippen LogP contribution in [0.4, 0.5) is 10.5 Å². The average molecular weight is 381 g/mol. The number of anilines is 1. The molecule has 1 atom stereocenters. The van der Waals surface area contributed by atoms with E-state index < -0.39 is 17.5 Å². The maximum atomic E-state index is 12.5. The van der Waals surface area contributed by atoms with Crippen LogP contribution in [0.2, 0.25) is 0 Å². The van der Waals surface area contributed by atoms with Crippen LogP contribution in [0.5, 0.6) is 0 Å². The summed E-state index contributed by atoms with van der Waals surface area (Å²) in [5.74, 6) is -0.758. The van der Waals surface area contributed by atoms with Gasteiger partial charge in [-0.1, -0.05) is 6.07 Å². The summed E-state index contributed by atoms with van der Waals surface area (Å²) >= 11 is 3.38. The van der Waals surface area contributed by atoms with Gasteiger partial charge in [-0.2, -0.15) is 0 Å². The van der Waals surface area contributed by atoms with Crippen LogP contribution in [0.15, 0.2) is 22.7 Å². The van der Waals surface area contributed by atoms with Crippen molar-refractivity contribution in [1.29, 1.82) is 0 Å². The molecule has 3 N–H and O–H groups in total. The number of nitrogens with one attached hydrogen (secondary N) is 3. The third-order valence-corrected chi connectivity index (χ3v) is 4.76. The van der Waals surface area contributed by atoms with Gasteiger partial charge in [0.25, 0.3) is 5.91 Å². The normalized spacial score (nSPS) is 23.5. The van der Waals surface area contributed by atoms with E-state index in [0.717, 1.165) is 14.9 Å². The summed E-state index contributed by atoms with van der Waals surface area (Å²) in [6.07, 6.45) is 0.541. The molecule has 7 nitrogen and oxygen atoms in total. The summed E-state index contributed by atoms with van der Waals surface area (Å²) in [7, 11) is 0. The van der Waals surface area contributed by atoms with Gasteiger partial charge in [-0.3, -0.25) is 14.5 Å². The Morgan fingerprint density at radius 2 is 2.22 bits per heavy atom. The van der Waals surface area contributed by atoms with Gasteiger partial charge in [-0.05, 0) is 53.5 Å². The van der Waals surface area contributed by atoms with Crippen molar-refractivity contribution in [3.63, 3.8) is 0 Å². The molecule has 2 aliphatic heterocycles. The third kappa shape index (κ3) is 2.96. The zero-order chi connectivity index (χ0) is 16.6. The fourth-order valence-corrected chi connectivity index (χ4v) is 3.45. The number of aryl methyl sites for hydroxylation is 1. The van der Waals surface area contributed by atoms with Gasteiger partial charge in [0.05, 0.1) is 5.69 Å². The average Bonchev–Trinajstić information content (AvgIpc) is 3.04. The van der Waals surface area contributed by atoms with Gasteiger partial charge in [-0.25, -0.2) is 4.79 Å². The summed E-state index contributed by atoms with van der Waals surface area (Å²) in [6, 6.07) is 5.00. The van der Waals surface area contributed by atoms with Crippen molar-refractivity contribution in [1.82, 2.24) is 15.5 Å². The minimum Gasteiger partial charge on any atom is -0.323 e. The molecule has 2 aliphatic rings. The number of carbonyl (C=O) groups excluding carboxylic acids is 3. The second-order valence-electron chi connectivity index (χ2n) is 5.86. The van der Waals surface area contributed by atoms with Gasteiger partial charge in [0.1, 0.15) is 12.1 Å². The highest BCUT2D eigenvalue weighted by molar-refractivity contribution is 9.10. The lowest BCUT2D eigenvalue weighted by molar-refractivity contribution is -0.133. The maximum Gasteiger partial charge on any atom is 0.325 e. The molecular formula is C15H17BrN4O3. The Bertz CT molecular complexity index is 685. The lowest BCUT2D eigenvalue weighted by Crippen LogP contribution is -2.49. The molecule has 1 aromatic rings. The number of hydrogen-bond donors (Lipinski definition) is 3. The number of carbonyl (C=O) groups is 3. The highest BCUT2D eigenvalue weighted by atomic mass is 79.9. The molecule has 3 rings (SSSR count). The molecule has 1 spiro atoms. The smallest absolute Gasteiger partial charge is 0.323 e. The quantitative estimate of drug-likeness (QED) is 0.681. The van der Waals surface area contributed by atoms with Crippen molar-refractivity contribution in [2.45, 2.75) is 18.9 Å². The minimum absolute atomic E-state index is 0.299. The Morgan fingerprint density at radius 1 is 1.43 bits per heavy atom. The van der Waals surface area contributed by atoms with Gasteiger partial charge in [-0.15, -0.1) is 0 Å². The predicted molar refractivity (Wildman–Crippen MR) is 88.0 cm³/mol. The number of rotatable bonds is 3. The minimum atomic E-state index is -0.887. The number of hydrogen-bond acceptors (Lipinski definition) is 4. The number of urea groups is 1. The van der Waals surface area contributed by atoms with Crippen LogP contribution in [0.1, 0.15) is 12.0 Å². The van der Waals surface area contributed by atoms with Crippen LogP contribution in [0.25, 0.3) is 0 Å². The Labute approximate surface area is 141 Å². The number of nitrogens with zero attached hydrogens (tertiary/aromatic N) is 1. The van der Waals surface area contributed by atoms with E-state index in [0.29, 0.717) is 25.2 Å². The number of benzene rings is 1. The number of amides is 4. The Morgan fingerprint density at radius 3 is 2.87 bits per heavy atom. The Balaban J connectivity index is 1.68. The van der Waals surface area contributed by atoms with Gasteiger partial charge in [0.15, 0.2) is 0 Å². The Hall–Kier alpha value is -1.93. The summed E-state index contributed by atoms with van der Waals surface area (Å²) in [5, 5.41) is 8.48. The zero-order valence-corrected chi connectivity index (χ0v) is 14.2. The van der Waals surface area contributed by atoms with Crippen LogP contribution < -0.4 is 16.0 Å². The topological polar surface area (TPSA) is 90.5 Å². The van der Waals surface area contributed by atoms with Gasteiger partial charge in [0.2, 0.25) is 5.91 Å². The van der Waals surface area contributed by atoms with E-state index in [1.165, 1.54) is 0 Å². The molecule has 23 heavy (non-hydrogen) atoms. The maximum absolute atomic E-state index is 12.5. The summed E-state index contributed by atoms with van der Waals surface area (Å²) in [5.41, 5.74) is 0.770. The van der Waals surface area contributed by atoms with E-state index in [4.69, 9.17) is 0 Å². The molecule has 0 bridgehead atoms. The zero-order valence-electron chi connectivity index (χ0n) is 12.6. The third-order valence-electron chi connectivity index (χ3n) is 4.10. The lowest BCUT2D eigenvalue weighted by Gasteiger charge is -2.19. The fraction of sp³-hybridized carbons (Fsp3) is 0.400. The van der Waals surface area contributed by atoms with Gasteiger partial charge in [0, 0.05) is 11.0 Å². The van der Waals surface area contributed by atoms with Crippen molar-refractivity contribution in [2.24, 2.45) is 0 Å². The molecule has 8 heteroatoms. The summed E-state index contributed by atoms with van der Waals surface area (Å²) in [4.78, 5) is 37.6. The van der Waals surface area contributed by atoms with E-state index >= 15 is 0 Å². The molecule has 0 aliphatic carbocycles. The van der Waals surface area contributed by atoms with E-state index in [9.17, 15) is 14.4 Å². The highest BCUT2D eigenvalue weighted by Crippen LogP contribution is 2.25. The van der Waals surface area contributed by atoms with Gasteiger partial charge < -0.3 is 16.0 Å². The fourth-order valence-electron chi connectivity index (χ4n) is 2.86. The van der Waals surface area contributed by atoms with Gasteiger partial charge >= 0.3 is 6.03 Å². The van der Waals surface area contributed by atoms with E-state index in [2.05, 4.69) is 31.9 Å². The monoisotopic (exact) mass is 380 g/mol. The van der Waals surface area contributed by atoms with Crippen molar-refractivity contribution in [3.8, 4) is 0 Å². The summed E-state index contributed by atoms with van der Waals surface area (Å²) in [6.45, 7) is 2.72. The number of halogens is 1. The Kier molecular flexibility index (Phi) is 4.11. The molecule has 1 aromatic carbocycles. The van der Waals surface area contributed by atoms with Crippen molar-refractivity contribution < 1.29 is 14.4 Å². The predicted octanol–water partition coefficient (Wildman–Crippen LogP) is 0.980. The number of imide groups is 1. The van der Waals surface area contributed by atoms with Crippen molar-refractivity contribution in [2.75, 3.05) is 25.0 Å². The van der Waals surface area contributed by atoms with E-state index in [1.807, 2.05) is 19.1 Å². The lowest BCUT2D eigenvalue weighted by atomic mass is 9.99. The van der Waals surface area contributed by atoms with E-state index in [1.54, 1.807) is 6.07 Å². The first-order valence-electron chi connectivity index (χ1n) is 7.32. The molecule has 2 saturated heterocycles. The largest absolute Gasteiger partial charge is 0.325 e. The highest BCUT2D eigenvalue weighted by Gasteiger charge is 2.52. The molecule has 122 valence electrons. The molecule has 0 saturated carbocycles.